The average Bonchev–Trinajstić information content (AvgIpc) is 2.69. The Labute approximate surface area is 175 Å². The standard InChI is InChI=1S/C23H26N2O5/c1-15-7-12-20(16(2)13-15)25-22(28)14-30-23(29)6-4-5-21(27)24-19-10-8-18(9-11-19)17(3)26/h7-13H,4-6,14H2,1-3H3,(H,24,27)(H,25,28). The third kappa shape index (κ3) is 7.50. The molecule has 0 aliphatic rings. The molecule has 0 aliphatic carbocycles. The summed E-state index contributed by atoms with van der Waals surface area (Å²) in [6.07, 6.45) is 0.473. The third-order valence-electron chi connectivity index (χ3n) is 4.38. The lowest BCUT2D eigenvalue weighted by molar-refractivity contribution is -0.147. The molecule has 0 saturated heterocycles. The fraction of sp³-hybridized carbons (Fsp3) is 0.304. The van der Waals surface area contributed by atoms with Gasteiger partial charge in [0.1, 0.15) is 0 Å². The molecule has 0 spiro atoms. The van der Waals surface area contributed by atoms with E-state index in [4.69, 9.17) is 4.74 Å². The minimum atomic E-state index is -0.538. The Kier molecular flexibility index (Phi) is 8.29. The summed E-state index contributed by atoms with van der Waals surface area (Å²) >= 11 is 0. The maximum Gasteiger partial charge on any atom is 0.306 e. The molecule has 0 atom stereocenters. The minimum Gasteiger partial charge on any atom is -0.456 e. The lowest BCUT2D eigenvalue weighted by Gasteiger charge is -2.10. The van der Waals surface area contributed by atoms with E-state index in [-0.39, 0.29) is 31.1 Å². The Morgan fingerprint density at radius 3 is 2.20 bits per heavy atom. The van der Waals surface area contributed by atoms with Gasteiger partial charge in [-0.05, 0) is 63.1 Å². The molecular weight excluding hydrogens is 384 g/mol. The van der Waals surface area contributed by atoms with E-state index in [0.717, 1.165) is 11.1 Å². The number of ether oxygens (including phenoxy) is 1. The third-order valence-corrected chi connectivity index (χ3v) is 4.38. The molecule has 0 heterocycles. The quantitative estimate of drug-likeness (QED) is 0.484. The van der Waals surface area contributed by atoms with Gasteiger partial charge in [0, 0.05) is 29.8 Å². The van der Waals surface area contributed by atoms with Crippen LogP contribution in [0.25, 0.3) is 0 Å². The van der Waals surface area contributed by atoms with Crippen molar-refractivity contribution in [2.75, 3.05) is 17.2 Å². The Morgan fingerprint density at radius 1 is 0.867 bits per heavy atom. The normalized spacial score (nSPS) is 10.2. The van der Waals surface area contributed by atoms with Gasteiger partial charge >= 0.3 is 5.97 Å². The molecule has 2 aromatic rings. The maximum atomic E-state index is 11.9. The first-order valence-corrected chi connectivity index (χ1v) is 9.68. The van der Waals surface area contributed by atoms with E-state index in [2.05, 4.69) is 10.6 Å². The molecule has 0 radical (unpaired) electrons. The van der Waals surface area contributed by atoms with Gasteiger partial charge in [0.2, 0.25) is 5.91 Å². The van der Waals surface area contributed by atoms with Crippen molar-refractivity contribution in [3.05, 3.63) is 59.2 Å². The molecule has 7 nitrogen and oxygen atoms in total. The summed E-state index contributed by atoms with van der Waals surface area (Å²) in [5, 5.41) is 5.41. The van der Waals surface area contributed by atoms with Crippen molar-refractivity contribution in [2.45, 2.75) is 40.0 Å². The van der Waals surface area contributed by atoms with Crippen LogP contribution in [0.2, 0.25) is 0 Å². The minimum absolute atomic E-state index is 0.0353. The first-order valence-electron chi connectivity index (χ1n) is 9.68. The van der Waals surface area contributed by atoms with Crippen molar-refractivity contribution in [1.29, 1.82) is 0 Å². The van der Waals surface area contributed by atoms with Crippen molar-refractivity contribution < 1.29 is 23.9 Å². The smallest absolute Gasteiger partial charge is 0.306 e. The second kappa shape index (κ2) is 10.9. The zero-order valence-corrected chi connectivity index (χ0v) is 17.4. The molecular formula is C23H26N2O5. The van der Waals surface area contributed by atoms with Gasteiger partial charge in [-0.25, -0.2) is 0 Å². The topological polar surface area (TPSA) is 102 Å². The highest BCUT2D eigenvalue weighted by Crippen LogP contribution is 2.16. The first kappa shape index (κ1) is 22.8. The number of carbonyl (C=O) groups is 4. The molecule has 0 fully saturated rings. The SMILES string of the molecule is CC(=O)c1ccc(NC(=O)CCCC(=O)OCC(=O)Nc2ccc(C)cc2C)cc1. The first-order chi connectivity index (χ1) is 14.2. The molecule has 2 amide bonds. The number of esters is 1. The van der Waals surface area contributed by atoms with Gasteiger partial charge in [0.15, 0.2) is 12.4 Å². The molecule has 7 heteroatoms. The lowest BCUT2D eigenvalue weighted by atomic mass is 10.1. The molecule has 2 aromatic carbocycles. The van der Waals surface area contributed by atoms with Crippen molar-refractivity contribution in [3.63, 3.8) is 0 Å². The summed E-state index contributed by atoms with van der Waals surface area (Å²) in [7, 11) is 0. The predicted molar refractivity (Wildman–Crippen MR) is 114 cm³/mol. The van der Waals surface area contributed by atoms with Gasteiger partial charge in [0.05, 0.1) is 0 Å². The average molecular weight is 410 g/mol. The molecule has 0 unspecified atom stereocenters. The number of hydrogen-bond donors (Lipinski definition) is 2. The zero-order valence-electron chi connectivity index (χ0n) is 17.4. The number of benzene rings is 2. The van der Waals surface area contributed by atoms with Crippen LogP contribution in [0.1, 0.15) is 47.7 Å². The van der Waals surface area contributed by atoms with Crippen LogP contribution < -0.4 is 10.6 Å². The molecule has 0 bridgehead atoms. The summed E-state index contributed by atoms with van der Waals surface area (Å²) in [6, 6.07) is 12.2. The zero-order chi connectivity index (χ0) is 22.1. The van der Waals surface area contributed by atoms with Crippen LogP contribution in [0.3, 0.4) is 0 Å². The number of Topliss-reactive ketones (excluding diaryl/α,β-unsaturated/α-hetero) is 1. The van der Waals surface area contributed by atoms with Gasteiger partial charge in [-0.1, -0.05) is 17.7 Å². The van der Waals surface area contributed by atoms with Crippen LogP contribution in [-0.4, -0.2) is 30.2 Å². The van der Waals surface area contributed by atoms with Crippen LogP contribution in [0.15, 0.2) is 42.5 Å². The maximum absolute atomic E-state index is 11.9. The monoisotopic (exact) mass is 410 g/mol. The van der Waals surface area contributed by atoms with Crippen LogP contribution in [0.4, 0.5) is 11.4 Å². The highest BCUT2D eigenvalue weighted by atomic mass is 16.5. The predicted octanol–water partition coefficient (Wildman–Crippen LogP) is 3.80. The molecule has 0 aromatic heterocycles. The number of hydrogen-bond acceptors (Lipinski definition) is 5. The highest BCUT2D eigenvalue weighted by Gasteiger charge is 2.11. The second-order valence-electron chi connectivity index (χ2n) is 7.06. The van der Waals surface area contributed by atoms with Crippen molar-refractivity contribution in [1.82, 2.24) is 0 Å². The lowest BCUT2D eigenvalue weighted by Crippen LogP contribution is -2.21. The number of carbonyl (C=O) groups excluding carboxylic acids is 4. The van der Waals surface area contributed by atoms with Crippen LogP contribution in [0.5, 0.6) is 0 Å². The second-order valence-corrected chi connectivity index (χ2v) is 7.06. The summed E-state index contributed by atoms with van der Waals surface area (Å²) in [5.41, 5.74) is 3.84. The van der Waals surface area contributed by atoms with Gasteiger partial charge in [-0.3, -0.25) is 19.2 Å². The largest absolute Gasteiger partial charge is 0.456 e. The number of anilines is 2. The van der Waals surface area contributed by atoms with Crippen LogP contribution in [-0.2, 0) is 19.1 Å². The van der Waals surface area contributed by atoms with E-state index >= 15 is 0 Å². The summed E-state index contributed by atoms with van der Waals surface area (Å²) in [5.74, 6) is -1.24. The molecule has 2 N–H and O–H groups in total. The molecule has 0 saturated carbocycles. The van der Waals surface area contributed by atoms with Crippen molar-refractivity contribution in [3.8, 4) is 0 Å². The van der Waals surface area contributed by atoms with E-state index in [0.29, 0.717) is 23.4 Å². The van der Waals surface area contributed by atoms with E-state index < -0.39 is 11.9 Å². The fourth-order valence-corrected chi connectivity index (χ4v) is 2.76. The number of aryl methyl sites for hydroxylation is 2. The van der Waals surface area contributed by atoms with Gasteiger partial charge in [-0.15, -0.1) is 0 Å². The van der Waals surface area contributed by atoms with Gasteiger partial charge < -0.3 is 15.4 Å². The van der Waals surface area contributed by atoms with E-state index in [1.165, 1.54) is 6.92 Å². The Bertz CT molecular complexity index is 935. The van der Waals surface area contributed by atoms with Gasteiger partial charge in [-0.2, -0.15) is 0 Å². The van der Waals surface area contributed by atoms with Crippen LogP contribution >= 0.6 is 0 Å². The summed E-state index contributed by atoms with van der Waals surface area (Å²) < 4.78 is 4.96. The van der Waals surface area contributed by atoms with Crippen molar-refractivity contribution in [2.24, 2.45) is 0 Å². The summed E-state index contributed by atoms with van der Waals surface area (Å²) in [6.45, 7) is 4.95. The van der Waals surface area contributed by atoms with Crippen molar-refractivity contribution >= 4 is 34.9 Å². The highest BCUT2D eigenvalue weighted by molar-refractivity contribution is 5.96. The van der Waals surface area contributed by atoms with E-state index in [9.17, 15) is 19.2 Å². The molecule has 0 aliphatic heterocycles. The Morgan fingerprint density at radius 2 is 1.57 bits per heavy atom. The Balaban J connectivity index is 1.66. The van der Waals surface area contributed by atoms with E-state index in [1.807, 2.05) is 26.0 Å². The van der Waals surface area contributed by atoms with Crippen LogP contribution in [0, 0.1) is 13.8 Å². The van der Waals surface area contributed by atoms with E-state index in [1.54, 1.807) is 30.3 Å². The number of nitrogens with one attached hydrogen (secondary N) is 2. The number of rotatable bonds is 9. The molecule has 2 rings (SSSR count). The number of amides is 2. The summed E-state index contributed by atoms with van der Waals surface area (Å²) in [4.78, 5) is 46.9. The molecule has 30 heavy (non-hydrogen) atoms. The fourth-order valence-electron chi connectivity index (χ4n) is 2.76. The number of ketones is 1. The molecule has 158 valence electrons. The Hall–Kier alpha value is -3.48. The van der Waals surface area contributed by atoms with Gasteiger partial charge in [0.25, 0.3) is 5.91 Å².